The fraction of sp³-hybridized carbons (Fsp3) is 0. The summed E-state index contributed by atoms with van der Waals surface area (Å²) < 4.78 is 12.7. The Morgan fingerprint density at radius 2 is 2.18 bits per heavy atom. The number of carboxylic acid groups (broad SMARTS) is 1. The smallest absolute Gasteiger partial charge is 0.123 e. The van der Waals surface area contributed by atoms with Crippen molar-refractivity contribution in [3.8, 4) is 0 Å². The van der Waals surface area contributed by atoms with Gasteiger partial charge in [-0.05, 0) is 18.2 Å². The number of halogens is 2. The number of hydrogen-bond acceptors (Lipinski definition) is 2. The Kier molecular flexibility index (Phi) is 2.24. The predicted octanol–water partition coefficient (Wildman–Crippen LogP) is 0.952. The molecule has 0 atom stereocenters. The molecule has 1 rings (SSSR count). The average molecular weight is 218 g/mol. The fourth-order valence-electron chi connectivity index (χ4n) is 0.654. The molecule has 0 aliphatic rings. The highest BCUT2D eigenvalue weighted by Gasteiger charge is 2.00. The molecule has 0 aliphatic carbocycles. The summed E-state index contributed by atoms with van der Waals surface area (Å²) in [7, 11) is 0. The van der Waals surface area contributed by atoms with Crippen LogP contribution in [0.15, 0.2) is 22.7 Å². The number of benzene rings is 1. The van der Waals surface area contributed by atoms with Gasteiger partial charge in [-0.2, -0.15) is 0 Å². The minimum absolute atomic E-state index is 0.176. The van der Waals surface area contributed by atoms with E-state index in [2.05, 4.69) is 15.9 Å². The van der Waals surface area contributed by atoms with Gasteiger partial charge in [0.05, 0.1) is 5.97 Å². The van der Waals surface area contributed by atoms with Gasteiger partial charge in [0, 0.05) is 10.0 Å². The molecule has 0 saturated carbocycles. The van der Waals surface area contributed by atoms with E-state index in [4.69, 9.17) is 0 Å². The van der Waals surface area contributed by atoms with Crippen LogP contribution in [-0.4, -0.2) is 5.97 Å². The van der Waals surface area contributed by atoms with E-state index in [0.29, 0.717) is 4.47 Å². The third-order valence-corrected chi connectivity index (χ3v) is 1.84. The van der Waals surface area contributed by atoms with Crippen molar-refractivity contribution in [1.29, 1.82) is 0 Å². The van der Waals surface area contributed by atoms with Crippen LogP contribution < -0.4 is 5.11 Å². The molecule has 0 aliphatic heterocycles. The van der Waals surface area contributed by atoms with Gasteiger partial charge in [-0.3, -0.25) is 0 Å². The van der Waals surface area contributed by atoms with Gasteiger partial charge < -0.3 is 9.90 Å². The first kappa shape index (κ1) is 8.20. The summed E-state index contributed by atoms with van der Waals surface area (Å²) in [5.74, 6) is -1.98. The molecule has 0 aromatic heterocycles. The van der Waals surface area contributed by atoms with E-state index in [1.165, 1.54) is 6.07 Å². The number of carboxylic acids is 1. The Morgan fingerprint density at radius 1 is 1.55 bits per heavy atom. The molecule has 0 bridgehead atoms. The second-order valence-corrected chi connectivity index (χ2v) is 2.77. The molecule has 58 valence electrons. The summed E-state index contributed by atoms with van der Waals surface area (Å²) in [6.07, 6.45) is 0. The van der Waals surface area contributed by atoms with Crippen LogP contribution in [0.1, 0.15) is 10.4 Å². The summed E-state index contributed by atoms with van der Waals surface area (Å²) in [6, 6.07) is 3.39. The summed E-state index contributed by atoms with van der Waals surface area (Å²) in [5.41, 5.74) is -0.176. The Labute approximate surface area is 70.8 Å². The Bertz CT molecular complexity index is 298. The van der Waals surface area contributed by atoms with E-state index in [1.54, 1.807) is 0 Å². The lowest BCUT2D eigenvalue weighted by Crippen LogP contribution is -2.22. The maximum atomic E-state index is 12.4. The summed E-state index contributed by atoms with van der Waals surface area (Å²) in [6.45, 7) is 0. The van der Waals surface area contributed by atoms with E-state index in [-0.39, 0.29) is 5.56 Å². The second kappa shape index (κ2) is 3.00. The van der Waals surface area contributed by atoms with Crippen molar-refractivity contribution in [1.82, 2.24) is 0 Å². The predicted molar refractivity (Wildman–Crippen MR) is 38.4 cm³/mol. The minimum atomic E-state index is -1.39. The fourth-order valence-corrected chi connectivity index (χ4v) is 1.06. The zero-order chi connectivity index (χ0) is 8.43. The van der Waals surface area contributed by atoms with E-state index < -0.39 is 11.8 Å². The zero-order valence-electron chi connectivity index (χ0n) is 5.30. The van der Waals surface area contributed by atoms with Gasteiger partial charge >= 0.3 is 0 Å². The Hall–Kier alpha value is -0.900. The highest BCUT2D eigenvalue weighted by Crippen LogP contribution is 2.16. The summed E-state index contributed by atoms with van der Waals surface area (Å²) in [5, 5.41) is 10.3. The number of carbonyl (C=O) groups is 1. The first-order valence-corrected chi connectivity index (χ1v) is 3.57. The molecule has 0 spiro atoms. The highest BCUT2D eigenvalue weighted by atomic mass is 79.9. The molecular weight excluding hydrogens is 215 g/mol. The molecule has 4 heteroatoms. The molecule has 0 amide bonds. The van der Waals surface area contributed by atoms with Crippen molar-refractivity contribution in [3.63, 3.8) is 0 Å². The van der Waals surface area contributed by atoms with Crippen LogP contribution in [0.4, 0.5) is 4.39 Å². The molecule has 0 unspecified atom stereocenters. The number of rotatable bonds is 1. The van der Waals surface area contributed by atoms with Crippen LogP contribution in [0, 0.1) is 5.82 Å². The van der Waals surface area contributed by atoms with Crippen LogP contribution in [0.3, 0.4) is 0 Å². The summed E-state index contributed by atoms with van der Waals surface area (Å²) >= 11 is 2.94. The monoisotopic (exact) mass is 217 g/mol. The van der Waals surface area contributed by atoms with Gasteiger partial charge in [0.25, 0.3) is 0 Å². The Morgan fingerprint density at radius 3 is 2.64 bits per heavy atom. The van der Waals surface area contributed by atoms with Crippen LogP contribution in [0.2, 0.25) is 0 Å². The SMILES string of the molecule is O=C([O-])c1cc(F)ccc1Br. The van der Waals surface area contributed by atoms with Crippen LogP contribution in [-0.2, 0) is 0 Å². The Balaban J connectivity index is 3.23. The van der Waals surface area contributed by atoms with Gasteiger partial charge in [-0.1, -0.05) is 15.9 Å². The first-order valence-electron chi connectivity index (χ1n) is 2.77. The lowest BCUT2D eigenvalue weighted by molar-refractivity contribution is -0.255. The minimum Gasteiger partial charge on any atom is -0.545 e. The highest BCUT2D eigenvalue weighted by molar-refractivity contribution is 9.10. The van der Waals surface area contributed by atoms with Crippen molar-refractivity contribution in [2.45, 2.75) is 0 Å². The lowest BCUT2D eigenvalue weighted by Gasteiger charge is -2.03. The molecule has 0 radical (unpaired) electrons. The third-order valence-electron chi connectivity index (χ3n) is 1.15. The van der Waals surface area contributed by atoms with Crippen molar-refractivity contribution >= 4 is 21.9 Å². The van der Waals surface area contributed by atoms with Gasteiger partial charge in [-0.15, -0.1) is 0 Å². The van der Waals surface area contributed by atoms with E-state index >= 15 is 0 Å². The normalized spacial score (nSPS) is 9.64. The van der Waals surface area contributed by atoms with Crippen molar-refractivity contribution in [2.75, 3.05) is 0 Å². The molecule has 11 heavy (non-hydrogen) atoms. The van der Waals surface area contributed by atoms with Crippen LogP contribution >= 0.6 is 15.9 Å². The maximum Gasteiger partial charge on any atom is 0.123 e. The van der Waals surface area contributed by atoms with E-state index in [0.717, 1.165) is 12.1 Å². The lowest BCUT2D eigenvalue weighted by atomic mass is 10.2. The van der Waals surface area contributed by atoms with E-state index in [9.17, 15) is 14.3 Å². The molecular formula is C7H3BrFO2-. The molecule has 0 heterocycles. The largest absolute Gasteiger partial charge is 0.545 e. The van der Waals surface area contributed by atoms with Crippen molar-refractivity contribution in [3.05, 3.63) is 34.1 Å². The maximum absolute atomic E-state index is 12.4. The van der Waals surface area contributed by atoms with Crippen molar-refractivity contribution in [2.24, 2.45) is 0 Å². The molecule has 2 nitrogen and oxygen atoms in total. The number of hydrogen-bond donors (Lipinski definition) is 0. The van der Waals surface area contributed by atoms with Gasteiger partial charge in [0.15, 0.2) is 0 Å². The summed E-state index contributed by atoms with van der Waals surface area (Å²) in [4.78, 5) is 10.3. The molecule has 1 aromatic carbocycles. The third kappa shape index (κ3) is 1.77. The molecule has 0 N–H and O–H groups in total. The van der Waals surface area contributed by atoms with Crippen molar-refractivity contribution < 1.29 is 14.3 Å². The van der Waals surface area contributed by atoms with Gasteiger partial charge in [0.1, 0.15) is 5.82 Å². The second-order valence-electron chi connectivity index (χ2n) is 1.91. The van der Waals surface area contributed by atoms with Crippen LogP contribution in [0.5, 0.6) is 0 Å². The molecule has 0 fully saturated rings. The topological polar surface area (TPSA) is 40.1 Å². The molecule has 0 saturated heterocycles. The van der Waals surface area contributed by atoms with Gasteiger partial charge in [-0.25, -0.2) is 4.39 Å². The van der Waals surface area contributed by atoms with Gasteiger partial charge in [0.2, 0.25) is 0 Å². The quantitative estimate of drug-likeness (QED) is 0.703. The standard InChI is InChI=1S/C7H4BrFO2/c8-6-2-1-4(9)3-5(6)7(10)11/h1-3H,(H,10,11)/p-1. The number of carbonyl (C=O) groups excluding carboxylic acids is 1. The number of aromatic carboxylic acids is 1. The van der Waals surface area contributed by atoms with E-state index in [1.807, 2.05) is 0 Å². The zero-order valence-corrected chi connectivity index (χ0v) is 6.89. The first-order chi connectivity index (χ1) is 5.11. The molecule has 1 aromatic rings. The van der Waals surface area contributed by atoms with Crippen LogP contribution in [0.25, 0.3) is 0 Å². The average Bonchev–Trinajstić information content (AvgIpc) is 1.94.